The SMILES string of the molecule is CNc1nc(C(F)(F)c2ccccc2)nc2c1CCC(CCC(=O)OC(C)(C)C)CC2. The number of fused-ring (bicyclic) bond motifs is 1. The molecule has 7 heteroatoms. The van der Waals surface area contributed by atoms with E-state index in [0.29, 0.717) is 36.7 Å². The highest BCUT2D eigenvalue weighted by molar-refractivity contribution is 5.69. The van der Waals surface area contributed by atoms with Crippen LogP contribution in [-0.2, 0) is 28.3 Å². The lowest BCUT2D eigenvalue weighted by Gasteiger charge is -2.20. The third-order valence-electron chi connectivity index (χ3n) is 5.52. The molecule has 0 amide bonds. The van der Waals surface area contributed by atoms with E-state index >= 15 is 8.78 Å². The van der Waals surface area contributed by atoms with Crippen molar-refractivity contribution in [3.8, 4) is 0 Å². The predicted octanol–water partition coefficient (Wildman–Crippen LogP) is 5.28. The summed E-state index contributed by atoms with van der Waals surface area (Å²) < 4.78 is 35.6. The number of halogens is 2. The summed E-state index contributed by atoms with van der Waals surface area (Å²) in [5.74, 6) is -3.18. The lowest BCUT2D eigenvalue weighted by atomic mass is 9.94. The summed E-state index contributed by atoms with van der Waals surface area (Å²) >= 11 is 0. The van der Waals surface area contributed by atoms with Crippen LogP contribution in [0.15, 0.2) is 30.3 Å². The number of hydrogen-bond acceptors (Lipinski definition) is 5. The molecule has 31 heavy (non-hydrogen) atoms. The van der Waals surface area contributed by atoms with E-state index in [-0.39, 0.29) is 11.5 Å². The first-order chi connectivity index (χ1) is 14.6. The molecule has 1 aromatic carbocycles. The summed E-state index contributed by atoms with van der Waals surface area (Å²) in [6, 6.07) is 7.65. The van der Waals surface area contributed by atoms with Crippen molar-refractivity contribution in [1.29, 1.82) is 0 Å². The fourth-order valence-electron chi connectivity index (χ4n) is 3.96. The summed E-state index contributed by atoms with van der Waals surface area (Å²) in [5, 5.41) is 2.98. The molecule has 1 aromatic heterocycles. The first-order valence-corrected chi connectivity index (χ1v) is 10.8. The van der Waals surface area contributed by atoms with Gasteiger partial charge in [0.25, 0.3) is 0 Å². The largest absolute Gasteiger partial charge is 0.460 e. The van der Waals surface area contributed by atoms with Crippen molar-refractivity contribution in [1.82, 2.24) is 9.97 Å². The number of esters is 1. The van der Waals surface area contributed by atoms with Crippen LogP contribution >= 0.6 is 0 Å². The van der Waals surface area contributed by atoms with Gasteiger partial charge < -0.3 is 10.1 Å². The predicted molar refractivity (Wildman–Crippen MR) is 116 cm³/mol. The van der Waals surface area contributed by atoms with Crippen LogP contribution < -0.4 is 5.32 Å². The number of nitrogens with zero attached hydrogens (tertiary/aromatic N) is 2. The summed E-state index contributed by atoms with van der Waals surface area (Å²) in [6.45, 7) is 5.57. The first kappa shape index (κ1) is 23.1. The van der Waals surface area contributed by atoms with Crippen LogP contribution in [0, 0.1) is 5.92 Å². The second-order valence-electron chi connectivity index (χ2n) is 9.08. The second kappa shape index (κ2) is 9.28. The lowest BCUT2D eigenvalue weighted by Crippen LogP contribution is -2.24. The maximum atomic E-state index is 15.1. The van der Waals surface area contributed by atoms with Gasteiger partial charge >= 0.3 is 11.9 Å². The third kappa shape index (κ3) is 5.77. The summed E-state index contributed by atoms with van der Waals surface area (Å²) in [7, 11) is 1.69. The monoisotopic (exact) mass is 431 g/mol. The number of benzene rings is 1. The van der Waals surface area contributed by atoms with E-state index in [1.165, 1.54) is 12.1 Å². The average molecular weight is 432 g/mol. The molecule has 0 spiro atoms. The quantitative estimate of drug-likeness (QED) is 0.498. The molecule has 5 nitrogen and oxygen atoms in total. The minimum Gasteiger partial charge on any atom is -0.460 e. The molecule has 1 unspecified atom stereocenters. The number of hydrogen-bond donors (Lipinski definition) is 1. The van der Waals surface area contributed by atoms with E-state index in [1.54, 1.807) is 25.2 Å². The van der Waals surface area contributed by atoms with Crippen molar-refractivity contribution in [2.45, 2.75) is 70.8 Å². The molecule has 168 valence electrons. The Balaban J connectivity index is 1.76. The van der Waals surface area contributed by atoms with Gasteiger partial charge in [0.1, 0.15) is 11.4 Å². The summed E-state index contributed by atoms with van der Waals surface area (Å²) in [6.07, 6.45) is 4.03. The Bertz CT molecular complexity index is 911. The smallest absolute Gasteiger partial charge is 0.331 e. The Labute approximate surface area is 182 Å². The molecular formula is C24H31F2N3O2. The van der Waals surface area contributed by atoms with Crippen molar-refractivity contribution in [3.05, 3.63) is 53.0 Å². The molecule has 1 aliphatic rings. The Morgan fingerprint density at radius 1 is 1.13 bits per heavy atom. The normalized spacial score (nSPS) is 16.9. The van der Waals surface area contributed by atoms with Crippen LogP contribution in [0.4, 0.5) is 14.6 Å². The van der Waals surface area contributed by atoms with Gasteiger partial charge in [0.05, 0.1) is 0 Å². The van der Waals surface area contributed by atoms with Crippen LogP contribution in [0.1, 0.15) is 69.1 Å². The molecule has 1 N–H and O–H groups in total. The molecule has 0 saturated heterocycles. The molecule has 0 fully saturated rings. The van der Waals surface area contributed by atoms with Gasteiger partial charge in [0, 0.05) is 30.3 Å². The molecule has 0 radical (unpaired) electrons. The maximum absolute atomic E-state index is 15.1. The minimum atomic E-state index is -3.27. The highest BCUT2D eigenvalue weighted by atomic mass is 19.3. The van der Waals surface area contributed by atoms with Gasteiger partial charge in [-0.15, -0.1) is 0 Å². The number of carbonyl (C=O) groups is 1. The van der Waals surface area contributed by atoms with Crippen molar-refractivity contribution in [2.75, 3.05) is 12.4 Å². The zero-order chi connectivity index (χ0) is 22.6. The van der Waals surface area contributed by atoms with Crippen molar-refractivity contribution in [2.24, 2.45) is 5.92 Å². The average Bonchev–Trinajstić information content (AvgIpc) is 2.93. The van der Waals surface area contributed by atoms with E-state index in [2.05, 4.69) is 15.3 Å². The van der Waals surface area contributed by atoms with Crippen LogP contribution in [0.5, 0.6) is 0 Å². The molecule has 0 saturated carbocycles. The van der Waals surface area contributed by atoms with E-state index < -0.39 is 17.3 Å². The number of ether oxygens (including phenoxy) is 1. The Morgan fingerprint density at radius 3 is 2.45 bits per heavy atom. The van der Waals surface area contributed by atoms with Crippen molar-refractivity contribution in [3.63, 3.8) is 0 Å². The molecule has 0 aliphatic heterocycles. The molecule has 3 rings (SSSR count). The highest BCUT2D eigenvalue weighted by Gasteiger charge is 2.39. The number of rotatable bonds is 6. The number of carbonyl (C=O) groups excluding carboxylic acids is 1. The highest BCUT2D eigenvalue weighted by Crippen LogP contribution is 2.37. The maximum Gasteiger partial charge on any atom is 0.331 e. The van der Waals surface area contributed by atoms with Crippen LogP contribution in [0.25, 0.3) is 0 Å². The zero-order valence-electron chi connectivity index (χ0n) is 18.7. The van der Waals surface area contributed by atoms with Gasteiger partial charge in [-0.2, -0.15) is 8.78 Å². The second-order valence-corrected chi connectivity index (χ2v) is 9.08. The Morgan fingerprint density at radius 2 is 1.81 bits per heavy atom. The van der Waals surface area contributed by atoms with Crippen LogP contribution in [-0.4, -0.2) is 28.6 Å². The summed E-state index contributed by atoms with van der Waals surface area (Å²) in [5.41, 5.74) is 0.953. The van der Waals surface area contributed by atoms with Gasteiger partial charge in [0.2, 0.25) is 5.82 Å². The molecule has 2 aromatic rings. The summed E-state index contributed by atoms with van der Waals surface area (Å²) in [4.78, 5) is 20.6. The van der Waals surface area contributed by atoms with E-state index in [4.69, 9.17) is 4.74 Å². The lowest BCUT2D eigenvalue weighted by molar-refractivity contribution is -0.155. The van der Waals surface area contributed by atoms with Crippen molar-refractivity contribution >= 4 is 11.8 Å². The molecule has 1 heterocycles. The number of alkyl halides is 2. The Kier molecular flexibility index (Phi) is 6.92. The van der Waals surface area contributed by atoms with Crippen LogP contribution in [0.3, 0.4) is 0 Å². The topological polar surface area (TPSA) is 64.1 Å². The standard InChI is InChI=1S/C24H31F2N3O2/c1-23(2,3)31-20(30)15-12-16-10-13-18-19(14-11-16)28-22(29-21(18)27-4)24(25,26)17-8-6-5-7-9-17/h5-9,16H,10-15H2,1-4H3,(H,27,28,29). The molecule has 1 aliphatic carbocycles. The van der Waals surface area contributed by atoms with Crippen molar-refractivity contribution < 1.29 is 18.3 Å². The van der Waals surface area contributed by atoms with E-state index in [0.717, 1.165) is 24.8 Å². The molecule has 0 bridgehead atoms. The van der Waals surface area contributed by atoms with Crippen LogP contribution in [0.2, 0.25) is 0 Å². The number of nitrogens with one attached hydrogen (secondary N) is 1. The van der Waals surface area contributed by atoms with Gasteiger partial charge in [0.15, 0.2) is 0 Å². The minimum absolute atomic E-state index is 0.124. The van der Waals surface area contributed by atoms with E-state index in [9.17, 15) is 4.79 Å². The molecule has 1 atom stereocenters. The fraction of sp³-hybridized carbons (Fsp3) is 0.542. The van der Waals surface area contributed by atoms with Gasteiger partial charge in [-0.05, 0) is 58.8 Å². The third-order valence-corrected chi connectivity index (χ3v) is 5.52. The van der Waals surface area contributed by atoms with Gasteiger partial charge in [-0.1, -0.05) is 30.3 Å². The number of anilines is 1. The zero-order valence-corrected chi connectivity index (χ0v) is 18.7. The number of aryl methyl sites for hydroxylation is 1. The van der Waals surface area contributed by atoms with Gasteiger partial charge in [-0.3, -0.25) is 4.79 Å². The van der Waals surface area contributed by atoms with E-state index in [1.807, 2.05) is 20.8 Å². The van der Waals surface area contributed by atoms with Gasteiger partial charge in [-0.25, -0.2) is 9.97 Å². The molecular weight excluding hydrogens is 400 g/mol. The Hall–Kier alpha value is -2.57. The first-order valence-electron chi connectivity index (χ1n) is 10.8. The number of aromatic nitrogens is 2. The fourth-order valence-corrected chi connectivity index (χ4v) is 3.96.